The number of aromatic nitrogens is 1. The Labute approximate surface area is 103 Å². The van der Waals surface area contributed by atoms with Crippen LogP contribution in [0.15, 0.2) is 18.5 Å². The van der Waals surface area contributed by atoms with Gasteiger partial charge in [0.1, 0.15) is 0 Å². The minimum atomic E-state index is -0.264. The lowest BCUT2D eigenvalue weighted by Gasteiger charge is -2.21. The smallest absolute Gasteiger partial charge is 0.0610 e. The molecule has 0 bridgehead atoms. The van der Waals surface area contributed by atoms with Crippen molar-refractivity contribution in [1.82, 2.24) is 4.98 Å². The van der Waals surface area contributed by atoms with Crippen molar-refractivity contribution in [3.05, 3.63) is 24.0 Å². The van der Waals surface area contributed by atoms with Crippen molar-refractivity contribution < 1.29 is 5.11 Å². The molecule has 1 unspecified atom stereocenters. The third-order valence-corrected chi connectivity index (χ3v) is 3.81. The van der Waals surface area contributed by atoms with Gasteiger partial charge < -0.3 is 10.8 Å². The topological polar surface area (TPSA) is 59.1 Å². The molecule has 94 valence electrons. The molecule has 3 N–H and O–H groups in total. The molecule has 1 atom stereocenters. The standard InChI is InChI=1S/C14H22N2O/c15-13-7-8-16-10-12(13)9-14(17)11-5-3-1-2-4-6-11/h7-8,10-11,14,17H,1-6,9H2,(H2,15,16). The van der Waals surface area contributed by atoms with Gasteiger partial charge in [0.25, 0.3) is 0 Å². The van der Waals surface area contributed by atoms with Crippen LogP contribution in [0.4, 0.5) is 5.69 Å². The highest BCUT2D eigenvalue weighted by atomic mass is 16.3. The highest BCUT2D eigenvalue weighted by Crippen LogP contribution is 2.27. The summed E-state index contributed by atoms with van der Waals surface area (Å²) in [5, 5.41) is 10.3. The Morgan fingerprint density at radius 2 is 2.00 bits per heavy atom. The summed E-state index contributed by atoms with van der Waals surface area (Å²) in [5.74, 6) is 0.442. The van der Waals surface area contributed by atoms with E-state index < -0.39 is 0 Å². The normalized spacial score (nSPS) is 19.8. The monoisotopic (exact) mass is 234 g/mol. The van der Waals surface area contributed by atoms with Gasteiger partial charge in [-0.25, -0.2) is 0 Å². The molecule has 1 heterocycles. The molecular weight excluding hydrogens is 212 g/mol. The molecule has 1 saturated carbocycles. The highest BCUT2D eigenvalue weighted by Gasteiger charge is 2.21. The number of nitrogens with two attached hydrogens (primary N) is 1. The van der Waals surface area contributed by atoms with E-state index in [1.165, 1.54) is 25.7 Å². The van der Waals surface area contributed by atoms with Crippen molar-refractivity contribution in [2.45, 2.75) is 51.0 Å². The summed E-state index contributed by atoms with van der Waals surface area (Å²) in [5.41, 5.74) is 7.60. The predicted molar refractivity (Wildman–Crippen MR) is 69.6 cm³/mol. The molecule has 1 aliphatic rings. The van der Waals surface area contributed by atoms with E-state index in [2.05, 4.69) is 4.98 Å². The summed E-state index contributed by atoms with van der Waals surface area (Å²) in [6, 6.07) is 1.80. The molecule has 3 heteroatoms. The molecule has 1 aromatic heterocycles. The lowest BCUT2D eigenvalue weighted by atomic mass is 9.90. The zero-order valence-corrected chi connectivity index (χ0v) is 10.3. The van der Waals surface area contributed by atoms with Gasteiger partial charge in [0.15, 0.2) is 0 Å². The second kappa shape index (κ2) is 6.01. The summed E-state index contributed by atoms with van der Waals surface area (Å²) in [7, 11) is 0. The van der Waals surface area contributed by atoms with Crippen molar-refractivity contribution in [2.75, 3.05) is 5.73 Å². The van der Waals surface area contributed by atoms with Crippen molar-refractivity contribution in [3.8, 4) is 0 Å². The Bertz CT molecular complexity index is 346. The maximum Gasteiger partial charge on any atom is 0.0610 e. The molecule has 1 aliphatic carbocycles. The van der Waals surface area contributed by atoms with Crippen LogP contribution in [0.2, 0.25) is 0 Å². The van der Waals surface area contributed by atoms with E-state index >= 15 is 0 Å². The fourth-order valence-corrected chi connectivity index (χ4v) is 2.70. The zero-order chi connectivity index (χ0) is 12.1. The third-order valence-electron chi connectivity index (χ3n) is 3.81. The number of aliphatic hydroxyl groups is 1. The van der Waals surface area contributed by atoms with E-state index in [-0.39, 0.29) is 6.10 Å². The van der Waals surface area contributed by atoms with Gasteiger partial charge in [-0.2, -0.15) is 0 Å². The van der Waals surface area contributed by atoms with Crippen LogP contribution in [0.1, 0.15) is 44.1 Å². The van der Waals surface area contributed by atoms with E-state index in [0.29, 0.717) is 12.3 Å². The van der Waals surface area contributed by atoms with E-state index in [9.17, 15) is 5.11 Å². The van der Waals surface area contributed by atoms with Gasteiger partial charge in [0, 0.05) is 24.5 Å². The fraction of sp³-hybridized carbons (Fsp3) is 0.643. The summed E-state index contributed by atoms with van der Waals surface area (Å²) >= 11 is 0. The molecule has 0 aromatic carbocycles. The Balaban J connectivity index is 1.95. The van der Waals surface area contributed by atoms with Gasteiger partial charge in [0.2, 0.25) is 0 Å². The molecule has 1 aromatic rings. The first-order chi connectivity index (χ1) is 8.27. The van der Waals surface area contributed by atoms with Gasteiger partial charge in [-0.1, -0.05) is 25.7 Å². The van der Waals surface area contributed by atoms with Gasteiger partial charge >= 0.3 is 0 Å². The Kier molecular flexibility index (Phi) is 4.37. The van der Waals surface area contributed by atoms with Crippen LogP contribution in [0.25, 0.3) is 0 Å². The maximum absolute atomic E-state index is 10.3. The number of hydrogen-bond acceptors (Lipinski definition) is 3. The number of nitrogens with zero attached hydrogens (tertiary/aromatic N) is 1. The quantitative estimate of drug-likeness (QED) is 0.790. The first kappa shape index (κ1) is 12.4. The van der Waals surface area contributed by atoms with Gasteiger partial charge in [-0.15, -0.1) is 0 Å². The van der Waals surface area contributed by atoms with Gasteiger partial charge in [-0.3, -0.25) is 4.98 Å². The fourth-order valence-electron chi connectivity index (χ4n) is 2.70. The van der Waals surface area contributed by atoms with Crippen LogP contribution in [0.5, 0.6) is 0 Å². The lowest BCUT2D eigenvalue weighted by Crippen LogP contribution is -2.23. The highest BCUT2D eigenvalue weighted by molar-refractivity contribution is 5.44. The second-order valence-electron chi connectivity index (χ2n) is 5.10. The number of nitrogen functional groups attached to an aromatic ring is 1. The maximum atomic E-state index is 10.3. The zero-order valence-electron chi connectivity index (χ0n) is 10.3. The molecule has 1 fully saturated rings. The molecule has 0 aliphatic heterocycles. The Morgan fingerprint density at radius 1 is 1.29 bits per heavy atom. The van der Waals surface area contributed by atoms with E-state index in [1.54, 1.807) is 18.5 Å². The summed E-state index contributed by atoms with van der Waals surface area (Å²) in [6.07, 6.45) is 11.3. The summed E-state index contributed by atoms with van der Waals surface area (Å²) < 4.78 is 0. The van der Waals surface area contributed by atoms with Gasteiger partial charge in [-0.05, 0) is 30.4 Å². The van der Waals surface area contributed by atoms with Gasteiger partial charge in [0.05, 0.1) is 6.10 Å². The van der Waals surface area contributed by atoms with Crippen LogP contribution in [-0.2, 0) is 6.42 Å². The first-order valence-corrected chi connectivity index (χ1v) is 6.64. The van der Waals surface area contributed by atoms with E-state index in [1.807, 2.05) is 0 Å². The molecule has 0 saturated heterocycles. The van der Waals surface area contributed by atoms with Crippen LogP contribution < -0.4 is 5.73 Å². The predicted octanol–water partition coefficient (Wildman–Crippen LogP) is 2.54. The molecule has 3 nitrogen and oxygen atoms in total. The molecule has 17 heavy (non-hydrogen) atoms. The number of hydrogen-bond donors (Lipinski definition) is 2. The number of pyridine rings is 1. The molecule has 0 radical (unpaired) electrons. The minimum Gasteiger partial charge on any atom is -0.398 e. The molecule has 0 amide bonds. The van der Waals surface area contributed by atoms with Crippen LogP contribution >= 0.6 is 0 Å². The third kappa shape index (κ3) is 3.43. The van der Waals surface area contributed by atoms with E-state index in [0.717, 1.165) is 24.1 Å². The number of anilines is 1. The summed E-state index contributed by atoms with van der Waals surface area (Å²) in [4.78, 5) is 4.07. The van der Waals surface area contributed by atoms with Crippen molar-refractivity contribution >= 4 is 5.69 Å². The van der Waals surface area contributed by atoms with Crippen molar-refractivity contribution in [1.29, 1.82) is 0 Å². The number of aliphatic hydroxyl groups excluding tert-OH is 1. The van der Waals surface area contributed by atoms with Crippen LogP contribution in [0, 0.1) is 5.92 Å². The number of rotatable bonds is 3. The Hall–Kier alpha value is -1.09. The molecular formula is C14H22N2O. The SMILES string of the molecule is Nc1ccncc1CC(O)C1CCCCCC1. The first-order valence-electron chi connectivity index (χ1n) is 6.64. The average Bonchev–Trinajstić information content (AvgIpc) is 2.61. The molecule has 0 spiro atoms. The largest absolute Gasteiger partial charge is 0.398 e. The van der Waals surface area contributed by atoms with Crippen LogP contribution in [-0.4, -0.2) is 16.2 Å². The van der Waals surface area contributed by atoms with E-state index in [4.69, 9.17) is 5.73 Å². The minimum absolute atomic E-state index is 0.264. The average molecular weight is 234 g/mol. The molecule has 2 rings (SSSR count). The van der Waals surface area contributed by atoms with Crippen LogP contribution in [0.3, 0.4) is 0 Å². The lowest BCUT2D eigenvalue weighted by molar-refractivity contribution is 0.0987. The van der Waals surface area contributed by atoms with Crippen molar-refractivity contribution in [2.24, 2.45) is 5.92 Å². The second-order valence-corrected chi connectivity index (χ2v) is 5.10. The summed E-state index contributed by atoms with van der Waals surface area (Å²) in [6.45, 7) is 0. The van der Waals surface area contributed by atoms with Crippen molar-refractivity contribution in [3.63, 3.8) is 0 Å². The Morgan fingerprint density at radius 3 is 2.65 bits per heavy atom.